The predicted molar refractivity (Wildman–Crippen MR) is 69.1 cm³/mol. The molecule has 0 bridgehead atoms. The second-order valence-electron chi connectivity index (χ2n) is 5.50. The zero-order valence-corrected chi connectivity index (χ0v) is 10.8. The Morgan fingerprint density at radius 3 is 3.28 bits per heavy atom. The van der Waals surface area contributed by atoms with E-state index in [9.17, 15) is 4.79 Å². The first-order valence-corrected chi connectivity index (χ1v) is 6.71. The van der Waals surface area contributed by atoms with Crippen LogP contribution in [-0.4, -0.2) is 28.9 Å². The molecule has 1 saturated heterocycles. The van der Waals surface area contributed by atoms with Gasteiger partial charge < -0.3 is 5.32 Å². The molecule has 0 saturated carbocycles. The van der Waals surface area contributed by atoms with Gasteiger partial charge in [-0.25, -0.2) is 0 Å². The van der Waals surface area contributed by atoms with E-state index >= 15 is 0 Å². The van der Waals surface area contributed by atoms with Gasteiger partial charge in [0.25, 0.3) is 5.91 Å². The van der Waals surface area contributed by atoms with Gasteiger partial charge >= 0.3 is 0 Å². The van der Waals surface area contributed by atoms with Crippen molar-refractivity contribution in [3.63, 3.8) is 0 Å². The fourth-order valence-electron chi connectivity index (χ4n) is 2.90. The van der Waals surface area contributed by atoms with Crippen molar-refractivity contribution in [3.05, 3.63) is 29.1 Å². The summed E-state index contributed by atoms with van der Waals surface area (Å²) in [6.07, 6.45) is 4.44. The Labute approximate surface area is 107 Å². The molecule has 0 aliphatic carbocycles. The molecule has 1 unspecified atom stereocenters. The van der Waals surface area contributed by atoms with E-state index in [1.807, 2.05) is 12.3 Å². The second-order valence-corrected chi connectivity index (χ2v) is 5.50. The molecule has 2 aliphatic heterocycles. The summed E-state index contributed by atoms with van der Waals surface area (Å²) in [5, 5.41) is 2.83. The number of hydrogen-bond donors (Lipinski definition) is 1. The summed E-state index contributed by atoms with van der Waals surface area (Å²) in [7, 11) is 0. The molecule has 3 heterocycles. The molecule has 1 fully saturated rings. The minimum absolute atomic E-state index is 0.0423. The highest BCUT2D eigenvalue weighted by Crippen LogP contribution is 2.19. The summed E-state index contributed by atoms with van der Waals surface area (Å²) in [4.78, 5) is 18.5. The van der Waals surface area contributed by atoms with Gasteiger partial charge in [0.05, 0.1) is 5.69 Å². The molecule has 1 amide bonds. The van der Waals surface area contributed by atoms with Crippen molar-refractivity contribution in [2.24, 2.45) is 5.92 Å². The normalized spacial score (nSPS) is 23.8. The zero-order chi connectivity index (χ0) is 12.5. The fourth-order valence-corrected chi connectivity index (χ4v) is 2.90. The monoisotopic (exact) mass is 245 g/mol. The van der Waals surface area contributed by atoms with Gasteiger partial charge in [-0.3, -0.25) is 14.7 Å². The van der Waals surface area contributed by atoms with Crippen LogP contribution in [0.1, 0.15) is 41.4 Å². The molecule has 4 heteroatoms. The van der Waals surface area contributed by atoms with Crippen molar-refractivity contribution in [1.82, 2.24) is 15.2 Å². The second kappa shape index (κ2) is 4.69. The number of nitrogens with one attached hydrogen (secondary N) is 1. The third kappa shape index (κ3) is 2.25. The molecule has 4 nitrogen and oxygen atoms in total. The summed E-state index contributed by atoms with van der Waals surface area (Å²) in [5.41, 5.74) is 2.85. The van der Waals surface area contributed by atoms with E-state index in [0.717, 1.165) is 42.4 Å². The highest BCUT2D eigenvalue weighted by atomic mass is 16.1. The number of amides is 1. The summed E-state index contributed by atoms with van der Waals surface area (Å²) in [6, 6.07) is 1.96. The van der Waals surface area contributed by atoms with Gasteiger partial charge in [-0.2, -0.15) is 0 Å². The molecule has 96 valence electrons. The SMILES string of the molecule is CC1CCCN(Cc2cc3c(cn2)CNC3=O)C1. The third-order valence-corrected chi connectivity index (χ3v) is 3.85. The minimum atomic E-state index is 0.0423. The van der Waals surface area contributed by atoms with Crippen molar-refractivity contribution in [3.8, 4) is 0 Å². The summed E-state index contributed by atoms with van der Waals surface area (Å²) in [5.74, 6) is 0.817. The number of aromatic nitrogens is 1. The van der Waals surface area contributed by atoms with Gasteiger partial charge in [-0.1, -0.05) is 6.92 Å². The summed E-state index contributed by atoms with van der Waals surface area (Å²) < 4.78 is 0. The lowest BCUT2D eigenvalue weighted by Gasteiger charge is -2.30. The highest BCUT2D eigenvalue weighted by Gasteiger charge is 2.21. The molecule has 0 spiro atoms. The maximum atomic E-state index is 11.6. The summed E-state index contributed by atoms with van der Waals surface area (Å²) in [6.45, 7) is 6.09. The smallest absolute Gasteiger partial charge is 0.252 e. The first kappa shape index (κ1) is 11.7. The van der Waals surface area contributed by atoms with Crippen LogP contribution in [0.25, 0.3) is 0 Å². The average molecular weight is 245 g/mol. The van der Waals surface area contributed by atoms with E-state index < -0.39 is 0 Å². The topological polar surface area (TPSA) is 45.2 Å². The molecule has 0 radical (unpaired) electrons. The van der Waals surface area contributed by atoms with E-state index in [2.05, 4.69) is 22.1 Å². The number of fused-ring (bicyclic) bond motifs is 1. The molecular weight excluding hydrogens is 226 g/mol. The van der Waals surface area contributed by atoms with Gasteiger partial charge in [0.2, 0.25) is 0 Å². The van der Waals surface area contributed by atoms with Crippen LogP contribution in [-0.2, 0) is 13.1 Å². The molecule has 1 N–H and O–H groups in total. The number of pyridine rings is 1. The lowest BCUT2D eigenvalue weighted by atomic mass is 10.00. The maximum Gasteiger partial charge on any atom is 0.252 e. The van der Waals surface area contributed by atoms with Gasteiger partial charge in [-0.05, 0) is 31.4 Å². The van der Waals surface area contributed by atoms with Crippen molar-refractivity contribution in [2.75, 3.05) is 13.1 Å². The molecule has 0 aromatic carbocycles. The molecular formula is C14H19N3O. The first-order valence-electron chi connectivity index (χ1n) is 6.71. The standard InChI is InChI=1S/C14H19N3O/c1-10-3-2-4-17(8-10)9-12-5-13-11(6-15-12)7-16-14(13)18/h5-6,10H,2-4,7-9H2,1H3,(H,16,18). The number of carbonyl (C=O) groups excluding carboxylic acids is 1. The van der Waals surface area contributed by atoms with Gasteiger partial charge in [-0.15, -0.1) is 0 Å². The van der Waals surface area contributed by atoms with Crippen LogP contribution >= 0.6 is 0 Å². The molecule has 2 aliphatic rings. The quantitative estimate of drug-likeness (QED) is 0.860. The van der Waals surface area contributed by atoms with Crippen LogP contribution < -0.4 is 5.32 Å². The van der Waals surface area contributed by atoms with Crippen LogP contribution in [0.3, 0.4) is 0 Å². The van der Waals surface area contributed by atoms with E-state index in [1.54, 1.807) is 0 Å². The number of piperidine rings is 1. The minimum Gasteiger partial charge on any atom is -0.348 e. The lowest BCUT2D eigenvalue weighted by molar-refractivity contribution is 0.0965. The number of rotatable bonds is 2. The largest absolute Gasteiger partial charge is 0.348 e. The molecule has 1 atom stereocenters. The van der Waals surface area contributed by atoms with Crippen molar-refractivity contribution in [2.45, 2.75) is 32.9 Å². The van der Waals surface area contributed by atoms with Crippen LogP contribution in [0.2, 0.25) is 0 Å². The number of carbonyl (C=O) groups is 1. The Morgan fingerprint density at radius 1 is 1.56 bits per heavy atom. The van der Waals surface area contributed by atoms with Crippen molar-refractivity contribution >= 4 is 5.91 Å². The average Bonchev–Trinajstić information content (AvgIpc) is 2.71. The Balaban J connectivity index is 1.73. The molecule has 3 rings (SSSR count). The number of likely N-dealkylation sites (tertiary alicyclic amines) is 1. The Hall–Kier alpha value is -1.42. The maximum absolute atomic E-state index is 11.6. The van der Waals surface area contributed by atoms with E-state index in [4.69, 9.17) is 0 Å². The zero-order valence-electron chi connectivity index (χ0n) is 10.8. The van der Waals surface area contributed by atoms with E-state index in [1.165, 1.54) is 12.8 Å². The third-order valence-electron chi connectivity index (χ3n) is 3.85. The van der Waals surface area contributed by atoms with E-state index in [-0.39, 0.29) is 5.91 Å². The van der Waals surface area contributed by atoms with Crippen LogP contribution in [0.5, 0.6) is 0 Å². The van der Waals surface area contributed by atoms with Crippen LogP contribution in [0.4, 0.5) is 0 Å². The van der Waals surface area contributed by atoms with Gasteiger partial charge in [0, 0.05) is 37.0 Å². The van der Waals surface area contributed by atoms with Gasteiger partial charge in [0.15, 0.2) is 0 Å². The fraction of sp³-hybridized carbons (Fsp3) is 0.571. The van der Waals surface area contributed by atoms with E-state index in [0.29, 0.717) is 6.54 Å². The van der Waals surface area contributed by atoms with Crippen LogP contribution in [0.15, 0.2) is 12.3 Å². The summed E-state index contributed by atoms with van der Waals surface area (Å²) >= 11 is 0. The lowest BCUT2D eigenvalue weighted by Crippen LogP contribution is -2.34. The van der Waals surface area contributed by atoms with Gasteiger partial charge in [0.1, 0.15) is 0 Å². The predicted octanol–water partition coefficient (Wildman–Crippen LogP) is 1.56. The molecule has 1 aromatic rings. The first-order chi connectivity index (χ1) is 8.72. The number of hydrogen-bond acceptors (Lipinski definition) is 3. The number of nitrogens with zero attached hydrogens (tertiary/aromatic N) is 2. The van der Waals surface area contributed by atoms with Crippen molar-refractivity contribution in [1.29, 1.82) is 0 Å². The Morgan fingerprint density at radius 2 is 2.44 bits per heavy atom. The molecule has 1 aromatic heterocycles. The Kier molecular flexibility index (Phi) is 3.04. The van der Waals surface area contributed by atoms with Crippen molar-refractivity contribution < 1.29 is 4.79 Å². The highest BCUT2D eigenvalue weighted by molar-refractivity contribution is 5.98. The van der Waals surface area contributed by atoms with Crippen LogP contribution in [0, 0.1) is 5.92 Å². The molecule has 18 heavy (non-hydrogen) atoms. The Bertz CT molecular complexity index is 472.